The summed E-state index contributed by atoms with van der Waals surface area (Å²) in [4.78, 5) is 2.38. The van der Waals surface area contributed by atoms with Gasteiger partial charge in [0, 0.05) is 13.1 Å². The van der Waals surface area contributed by atoms with Gasteiger partial charge in [-0.05, 0) is 38.6 Å². The molecule has 2 nitrogen and oxygen atoms in total. The van der Waals surface area contributed by atoms with E-state index in [1.807, 2.05) is 6.92 Å². The van der Waals surface area contributed by atoms with E-state index in [1.165, 1.54) is 13.1 Å². The molecular weight excluding hydrogens is 138 g/mol. The van der Waals surface area contributed by atoms with Gasteiger partial charge in [0.05, 0.1) is 5.60 Å². The molecule has 1 saturated carbocycles. The van der Waals surface area contributed by atoms with Gasteiger partial charge in [0.15, 0.2) is 0 Å². The van der Waals surface area contributed by atoms with Gasteiger partial charge < -0.3 is 10.0 Å². The topological polar surface area (TPSA) is 23.5 Å². The monoisotopic (exact) mass is 155 g/mol. The summed E-state index contributed by atoms with van der Waals surface area (Å²) in [6.45, 7) is 4.37. The Balaban J connectivity index is 2.04. The molecule has 2 fully saturated rings. The summed E-state index contributed by atoms with van der Waals surface area (Å²) in [5, 5.41) is 9.77. The maximum atomic E-state index is 9.77. The van der Waals surface area contributed by atoms with Crippen molar-refractivity contribution in [3.8, 4) is 0 Å². The van der Waals surface area contributed by atoms with Gasteiger partial charge in [-0.1, -0.05) is 0 Å². The molecular formula is C9H17NO. The fourth-order valence-corrected chi connectivity index (χ4v) is 2.85. The van der Waals surface area contributed by atoms with E-state index in [0.29, 0.717) is 0 Å². The fourth-order valence-electron chi connectivity index (χ4n) is 2.85. The zero-order valence-electron chi connectivity index (χ0n) is 7.38. The predicted octanol–water partition coefficient (Wildman–Crippen LogP) is 0.709. The highest BCUT2D eigenvalue weighted by molar-refractivity contribution is 4.97. The maximum Gasteiger partial charge on any atom is 0.0626 e. The Bertz CT molecular complexity index is 151. The van der Waals surface area contributed by atoms with Crippen molar-refractivity contribution >= 4 is 0 Å². The Kier molecular flexibility index (Phi) is 1.52. The van der Waals surface area contributed by atoms with Crippen LogP contribution in [-0.4, -0.2) is 35.7 Å². The van der Waals surface area contributed by atoms with Gasteiger partial charge in [0.1, 0.15) is 0 Å². The van der Waals surface area contributed by atoms with Crippen LogP contribution in [0.15, 0.2) is 0 Å². The quantitative estimate of drug-likeness (QED) is 0.557. The summed E-state index contributed by atoms with van der Waals surface area (Å²) in [7, 11) is 2.17. The van der Waals surface area contributed by atoms with Crippen LogP contribution in [0.25, 0.3) is 0 Å². The van der Waals surface area contributed by atoms with Crippen molar-refractivity contribution in [3.05, 3.63) is 0 Å². The average molecular weight is 155 g/mol. The van der Waals surface area contributed by atoms with Gasteiger partial charge in [-0.3, -0.25) is 0 Å². The second kappa shape index (κ2) is 2.20. The van der Waals surface area contributed by atoms with Crippen LogP contribution in [-0.2, 0) is 0 Å². The smallest absolute Gasteiger partial charge is 0.0626 e. The Morgan fingerprint density at radius 3 is 2.18 bits per heavy atom. The minimum absolute atomic E-state index is 0.351. The van der Waals surface area contributed by atoms with Crippen LogP contribution in [0.1, 0.15) is 19.8 Å². The summed E-state index contributed by atoms with van der Waals surface area (Å²) in [6, 6.07) is 0. The Hall–Kier alpha value is -0.0800. The lowest BCUT2D eigenvalue weighted by molar-refractivity contribution is 0.0556. The summed E-state index contributed by atoms with van der Waals surface area (Å²) in [6.07, 6.45) is 2.03. The van der Waals surface area contributed by atoms with E-state index in [0.717, 1.165) is 24.7 Å². The molecule has 1 saturated heterocycles. The van der Waals surface area contributed by atoms with Crippen molar-refractivity contribution in [2.24, 2.45) is 11.8 Å². The van der Waals surface area contributed by atoms with Crippen LogP contribution in [0.5, 0.6) is 0 Å². The predicted molar refractivity (Wildman–Crippen MR) is 44.3 cm³/mol. The Morgan fingerprint density at radius 2 is 1.73 bits per heavy atom. The minimum Gasteiger partial charge on any atom is -0.390 e. The zero-order valence-corrected chi connectivity index (χ0v) is 7.38. The van der Waals surface area contributed by atoms with E-state index in [1.54, 1.807) is 0 Å². The third-order valence-corrected chi connectivity index (χ3v) is 3.16. The third kappa shape index (κ3) is 1.30. The Labute approximate surface area is 68.2 Å². The maximum absolute atomic E-state index is 9.77. The van der Waals surface area contributed by atoms with Crippen LogP contribution < -0.4 is 0 Å². The van der Waals surface area contributed by atoms with Crippen LogP contribution in [0.3, 0.4) is 0 Å². The van der Waals surface area contributed by atoms with Crippen molar-refractivity contribution in [1.29, 1.82) is 0 Å². The average Bonchev–Trinajstić information content (AvgIpc) is 2.17. The SMILES string of the molecule is CN1CC2CC(C)(O)CC2C1. The molecule has 0 radical (unpaired) electrons. The molecule has 0 aromatic rings. The number of likely N-dealkylation sites (tertiary alicyclic amines) is 1. The largest absolute Gasteiger partial charge is 0.390 e. The third-order valence-electron chi connectivity index (χ3n) is 3.16. The molecule has 1 aliphatic heterocycles. The first kappa shape index (κ1) is 7.56. The van der Waals surface area contributed by atoms with Crippen molar-refractivity contribution in [1.82, 2.24) is 4.90 Å². The molecule has 11 heavy (non-hydrogen) atoms. The van der Waals surface area contributed by atoms with Crippen molar-refractivity contribution in [2.45, 2.75) is 25.4 Å². The fraction of sp³-hybridized carbons (Fsp3) is 1.00. The number of fused-ring (bicyclic) bond motifs is 1. The van der Waals surface area contributed by atoms with Gasteiger partial charge in [-0.2, -0.15) is 0 Å². The molecule has 2 aliphatic rings. The van der Waals surface area contributed by atoms with Crippen LogP contribution in [0.2, 0.25) is 0 Å². The lowest BCUT2D eigenvalue weighted by Crippen LogP contribution is -2.24. The zero-order chi connectivity index (χ0) is 8.06. The molecule has 0 bridgehead atoms. The number of aliphatic hydroxyl groups is 1. The van der Waals surface area contributed by atoms with Crippen molar-refractivity contribution in [2.75, 3.05) is 20.1 Å². The van der Waals surface area contributed by atoms with Crippen LogP contribution in [0, 0.1) is 11.8 Å². The molecule has 1 aliphatic carbocycles. The van der Waals surface area contributed by atoms with E-state index in [2.05, 4.69) is 11.9 Å². The number of rotatable bonds is 0. The highest BCUT2D eigenvalue weighted by Crippen LogP contribution is 2.42. The van der Waals surface area contributed by atoms with E-state index >= 15 is 0 Å². The second-order valence-corrected chi connectivity index (χ2v) is 4.65. The lowest BCUT2D eigenvalue weighted by Gasteiger charge is -2.18. The molecule has 0 amide bonds. The molecule has 2 heteroatoms. The van der Waals surface area contributed by atoms with Gasteiger partial charge in [0.2, 0.25) is 0 Å². The molecule has 2 unspecified atom stereocenters. The van der Waals surface area contributed by atoms with Gasteiger partial charge in [-0.25, -0.2) is 0 Å². The first-order chi connectivity index (χ1) is 5.07. The van der Waals surface area contributed by atoms with Crippen molar-refractivity contribution in [3.63, 3.8) is 0 Å². The summed E-state index contributed by atoms with van der Waals surface area (Å²) < 4.78 is 0. The van der Waals surface area contributed by atoms with E-state index in [-0.39, 0.29) is 5.60 Å². The highest BCUT2D eigenvalue weighted by atomic mass is 16.3. The van der Waals surface area contributed by atoms with E-state index in [4.69, 9.17) is 0 Å². The molecule has 64 valence electrons. The standard InChI is InChI=1S/C9H17NO/c1-9(11)3-7-5-10(2)6-8(7)4-9/h7-8,11H,3-6H2,1-2H3. The van der Waals surface area contributed by atoms with E-state index in [9.17, 15) is 5.11 Å². The first-order valence-electron chi connectivity index (χ1n) is 4.48. The number of hydrogen-bond donors (Lipinski definition) is 1. The molecule has 1 N–H and O–H groups in total. The molecule has 0 spiro atoms. The molecule has 0 aromatic carbocycles. The number of hydrogen-bond acceptors (Lipinski definition) is 2. The molecule has 0 aromatic heterocycles. The molecule has 1 heterocycles. The molecule has 2 rings (SSSR count). The normalized spacial score (nSPS) is 51.5. The Morgan fingerprint density at radius 1 is 1.27 bits per heavy atom. The van der Waals surface area contributed by atoms with Crippen LogP contribution in [0.4, 0.5) is 0 Å². The second-order valence-electron chi connectivity index (χ2n) is 4.65. The van der Waals surface area contributed by atoms with Gasteiger partial charge >= 0.3 is 0 Å². The summed E-state index contributed by atoms with van der Waals surface area (Å²) >= 11 is 0. The number of nitrogens with zero attached hydrogens (tertiary/aromatic N) is 1. The van der Waals surface area contributed by atoms with Crippen LogP contribution >= 0.6 is 0 Å². The first-order valence-corrected chi connectivity index (χ1v) is 4.48. The summed E-state index contributed by atoms with van der Waals surface area (Å²) in [5.41, 5.74) is -0.351. The molecule has 2 atom stereocenters. The summed E-state index contributed by atoms with van der Waals surface area (Å²) in [5.74, 6) is 1.55. The van der Waals surface area contributed by atoms with Gasteiger partial charge in [-0.15, -0.1) is 0 Å². The highest BCUT2D eigenvalue weighted by Gasteiger charge is 2.44. The van der Waals surface area contributed by atoms with Gasteiger partial charge in [0.25, 0.3) is 0 Å². The minimum atomic E-state index is -0.351. The lowest BCUT2D eigenvalue weighted by atomic mass is 10.0. The van der Waals surface area contributed by atoms with Crippen molar-refractivity contribution < 1.29 is 5.11 Å². The van der Waals surface area contributed by atoms with E-state index < -0.39 is 0 Å².